The van der Waals surface area contributed by atoms with Crippen molar-refractivity contribution >= 4 is 11.8 Å². The lowest BCUT2D eigenvalue weighted by Gasteiger charge is -2.39. The van der Waals surface area contributed by atoms with Crippen molar-refractivity contribution in [3.05, 3.63) is 102 Å². The van der Waals surface area contributed by atoms with Crippen molar-refractivity contribution in [2.24, 2.45) is 5.92 Å². The molecule has 0 spiro atoms. The summed E-state index contributed by atoms with van der Waals surface area (Å²) in [4.78, 5) is 28.7. The highest BCUT2D eigenvalue weighted by Gasteiger charge is 2.29. The maximum absolute atomic E-state index is 12.5. The first-order valence-electron chi connectivity index (χ1n) is 17.0. The van der Waals surface area contributed by atoms with Crippen molar-refractivity contribution in [2.45, 2.75) is 52.4 Å². The number of ether oxygens (including phenoxy) is 3. The van der Waals surface area contributed by atoms with Gasteiger partial charge in [-0.1, -0.05) is 60.7 Å². The molecule has 0 aliphatic carbocycles. The minimum Gasteiger partial charge on any atom is -0.473 e. The maximum Gasteiger partial charge on any atom is 0.410 e. The van der Waals surface area contributed by atoms with E-state index in [9.17, 15) is 4.79 Å². The van der Waals surface area contributed by atoms with E-state index in [1.165, 1.54) is 0 Å². The number of likely N-dealkylation sites (tertiary alicyclic amines) is 1. The Hall–Kier alpha value is -4.63. The zero-order valence-electron chi connectivity index (χ0n) is 28.4. The molecule has 6 rings (SSSR count). The third-order valence-electron chi connectivity index (χ3n) is 8.84. The number of hydrogen-bond donors (Lipinski definition) is 0. The molecule has 0 bridgehead atoms. The van der Waals surface area contributed by atoms with E-state index in [1.54, 1.807) is 0 Å². The molecule has 1 amide bonds. The van der Waals surface area contributed by atoms with Crippen molar-refractivity contribution in [2.75, 3.05) is 50.7 Å². The van der Waals surface area contributed by atoms with E-state index in [-0.39, 0.29) is 6.09 Å². The summed E-state index contributed by atoms with van der Waals surface area (Å²) in [5.74, 6) is 1.63. The Balaban J connectivity index is 1.07. The molecule has 252 valence electrons. The van der Waals surface area contributed by atoms with E-state index in [0.29, 0.717) is 30.9 Å². The van der Waals surface area contributed by atoms with Crippen molar-refractivity contribution in [1.29, 1.82) is 0 Å². The van der Waals surface area contributed by atoms with Crippen molar-refractivity contribution in [1.82, 2.24) is 19.8 Å². The molecule has 2 aliphatic heterocycles. The second-order valence-corrected chi connectivity index (χ2v) is 13.7. The van der Waals surface area contributed by atoms with Gasteiger partial charge in [0.1, 0.15) is 18.8 Å². The number of piperidine rings is 1. The summed E-state index contributed by atoms with van der Waals surface area (Å²) < 4.78 is 17.9. The summed E-state index contributed by atoms with van der Waals surface area (Å²) in [5, 5.41) is 0. The lowest BCUT2D eigenvalue weighted by Crippen LogP contribution is -2.49. The van der Waals surface area contributed by atoms with Crippen LogP contribution in [0.2, 0.25) is 0 Å². The van der Waals surface area contributed by atoms with Crippen LogP contribution in [0.4, 0.5) is 10.5 Å². The highest BCUT2D eigenvalue weighted by atomic mass is 16.6. The molecule has 4 aromatic rings. The molecule has 48 heavy (non-hydrogen) atoms. The van der Waals surface area contributed by atoms with Gasteiger partial charge in [0.2, 0.25) is 11.8 Å². The third kappa shape index (κ3) is 9.25. The molecule has 0 N–H and O–H groups in total. The number of nitrogens with zero attached hydrogens (tertiary/aromatic N) is 5. The van der Waals surface area contributed by atoms with E-state index in [1.807, 2.05) is 111 Å². The minimum absolute atomic E-state index is 0.191. The molecule has 4 heterocycles. The summed E-state index contributed by atoms with van der Waals surface area (Å²) in [6.45, 7) is 13.1. The molecule has 0 atom stereocenters. The van der Waals surface area contributed by atoms with E-state index >= 15 is 0 Å². The average Bonchev–Trinajstić information content (AvgIpc) is 3.11. The van der Waals surface area contributed by atoms with Crippen LogP contribution in [0.1, 0.15) is 44.7 Å². The SMILES string of the molecule is CC(C)(C)OC(=O)N1CCC(CN2CCN(c3cncc(-c4ccc(OCc5ccccc5)nc4OCc4ccccc4)c3)CC2)CC1. The van der Waals surface area contributed by atoms with Gasteiger partial charge in [-0.05, 0) is 62.8 Å². The Bertz CT molecular complexity index is 1610. The number of hydrogen-bond acceptors (Lipinski definition) is 8. The number of carbonyl (C=O) groups is 1. The molecular weight excluding hydrogens is 602 g/mol. The van der Waals surface area contributed by atoms with Crippen LogP contribution in [-0.4, -0.2) is 77.3 Å². The zero-order valence-corrected chi connectivity index (χ0v) is 28.4. The Labute approximate surface area is 284 Å². The van der Waals surface area contributed by atoms with E-state index < -0.39 is 5.60 Å². The van der Waals surface area contributed by atoms with Gasteiger partial charge in [-0.15, -0.1) is 0 Å². The lowest BCUT2D eigenvalue weighted by atomic mass is 9.96. The van der Waals surface area contributed by atoms with Gasteiger partial charge in [0.05, 0.1) is 11.9 Å². The van der Waals surface area contributed by atoms with Crippen LogP contribution >= 0.6 is 0 Å². The van der Waals surface area contributed by atoms with Gasteiger partial charge in [-0.25, -0.2) is 4.79 Å². The monoisotopic (exact) mass is 649 g/mol. The fourth-order valence-corrected chi connectivity index (χ4v) is 6.22. The summed E-state index contributed by atoms with van der Waals surface area (Å²) in [6.07, 6.45) is 5.67. The smallest absolute Gasteiger partial charge is 0.410 e. The molecule has 9 heteroatoms. The quantitative estimate of drug-likeness (QED) is 0.181. The van der Waals surface area contributed by atoms with Gasteiger partial charge in [0, 0.05) is 69.2 Å². The maximum atomic E-state index is 12.5. The Morgan fingerprint density at radius 3 is 2.08 bits per heavy atom. The number of anilines is 1. The number of amides is 1. The molecule has 0 saturated carbocycles. The average molecular weight is 650 g/mol. The summed E-state index contributed by atoms with van der Waals surface area (Å²) in [6, 6.07) is 26.3. The number of rotatable bonds is 10. The highest BCUT2D eigenvalue weighted by Crippen LogP contribution is 2.33. The first-order valence-corrected chi connectivity index (χ1v) is 17.0. The van der Waals surface area contributed by atoms with Gasteiger partial charge in [0.15, 0.2) is 0 Å². The van der Waals surface area contributed by atoms with Crippen LogP contribution in [0, 0.1) is 5.92 Å². The Kier molecular flexibility index (Phi) is 10.8. The number of benzene rings is 2. The largest absolute Gasteiger partial charge is 0.473 e. The third-order valence-corrected chi connectivity index (χ3v) is 8.84. The van der Waals surface area contributed by atoms with Crippen molar-refractivity contribution < 1.29 is 19.0 Å². The van der Waals surface area contributed by atoms with Gasteiger partial charge in [0.25, 0.3) is 0 Å². The predicted octanol–water partition coefficient (Wildman–Crippen LogP) is 7.07. The standard InChI is InChI=1S/C39H47N5O4/c1-39(2,3)48-38(45)44-18-16-30(17-19-44)27-42-20-22-43(23-21-42)34-24-33(25-40-26-34)35-14-15-36(46-28-31-10-6-4-7-11-31)41-37(35)47-29-32-12-8-5-9-13-32/h4-15,24-26,30H,16-23,27-29H2,1-3H3. The molecule has 2 aromatic heterocycles. The number of piperazine rings is 1. The summed E-state index contributed by atoms with van der Waals surface area (Å²) in [7, 11) is 0. The second-order valence-electron chi connectivity index (χ2n) is 13.7. The Morgan fingerprint density at radius 1 is 0.792 bits per heavy atom. The van der Waals surface area contributed by atoms with E-state index in [0.717, 1.165) is 86.6 Å². The van der Waals surface area contributed by atoms with Gasteiger partial charge >= 0.3 is 6.09 Å². The van der Waals surface area contributed by atoms with E-state index in [4.69, 9.17) is 19.2 Å². The van der Waals surface area contributed by atoms with Crippen LogP contribution in [0.15, 0.2) is 91.3 Å². The van der Waals surface area contributed by atoms with Crippen molar-refractivity contribution in [3.8, 4) is 22.9 Å². The molecule has 0 radical (unpaired) electrons. The van der Waals surface area contributed by atoms with Crippen LogP contribution in [0.5, 0.6) is 11.8 Å². The van der Waals surface area contributed by atoms with Gasteiger partial charge in [-0.3, -0.25) is 9.88 Å². The lowest BCUT2D eigenvalue weighted by molar-refractivity contribution is 0.0169. The highest BCUT2D eigenvalue weighted by molar-refractivity contribution is 5.72. The molecule has 0 unspecified atom stereocenters. The first kappa shape index (κ1) is 33.3. The van der Waals surface area contributed by atoms with Crippen LogP contribution < -0.4 is 14.4 Å². The van der Waals surface area contributed by atoms with Crippen LogP contribution in [0.25, 0.3) is 11.1 Å². The van der Waals surface area contributed by atoms with Crippen LogP contribution in [0.3, 0.4) is 0 Å². The number of pyridine rings is 2. The first-order chi connectivity index (χ1) is 23.3. The fraction of sp³-hybridized carbons (Fsp3) is 0.410. The van der Waals surface area contributed by atoms with Crippen molar-refractivity contribution in [3.63, 3.8) is 0 Å². The topological polar surface area (TPSA) is 80.3 Å². The van der Waals surface area contributed by atoms with E-state index in [2.05, 4.69) is 20.9 Å². The zero-order chi connectivity index (χ0) is 33.3. The molecule has 2 aromatic carbocycles. The molecule has 9 nitrogen and oxygen atoms in total. The predicted molar refractivity (Wildman–Crippen MR) is 188 cm³/mol. The van der Waals surface area contributed by atoms with Crippen LogP contribution in [-0.2, 0) is 18.0 Å². The Morgan fingerprint density at radius 2 is 1.44 bits per heavy atom. The number of carbonyl (C=O) groups excluding carboxylic acids is 1. The second kappa shape index (κ2) is 15.5. The molecule has 2 fully saturated rings. The molecule has 2 aliphatic rings. The molecule has 2 saturated heterocycles. The molecular formula is C39H47N5O4. The summed E-state index contributed by atoms with van der Waals surface area (Å²) in [5.41, 5.74) is 4.62. The normalized spacial score (nSPS) is 16.1. The number of aromatic nitrogens is 2. The minimum atomic E-state index is -0.458. The fourth-order valence-electron chi connectivity index (χ4n) is 6.22. The van der Waals surface area contributed by atoms with Gasteiger partial charge < -0.3 is 24.0 Å². The van der Waals surface area contributed by atoms with Gasteiger partial charge in [-0.2, -0.15) is 4.98 Å². The summed E-state index contributed by atoms with van der Waals surface area (Å²) >= 11 is 0.